The summed E-state index contributed by atoms with van der Waals surface area (Å²) in [7, 11) is -1.50. The van der Waals surface area contributed by atoms with Gasteiger partial charge in [-0.15, -0.1) is 0 Å². The Kier molecular flexibility index (Phi) is 6.91. The van der Waals surface area contributed by atoms with Gasteiger partial charge in [0.15, 0.2) is 9.84 Å². The number of rotatable bonds is 7. The number of nitrogens with zero attached hydrogens (tertiary/aromatic N) is 2. The zero-order valence-corrected chi connectivity index (χ0v) is 12.5. The van der Waals surface area contributed by atoms with Crippen LogP contribution in [0.25, 0.3) is 0 Å². The molecule has 0 aromatic heterocycles. The maximum atomic E-state index is 12.2. The minimum absolute atomic E-state index is 0.00485. The van der Waals surface area contributed by atoms with Crippen LogP contribution in [0.4, 0.5) is 0 Å². The molecular weight excluding hydrogens is 282 g/mol. The summed E-state index contributed by atoms with van der Waals surface area (Å²) >= 11 is 0. The first-order chi connectivity index (χ1) is 9.48. The average molecular weight is 303 g/mol. The molecule has 20 heavy (non-hydrogen) atoms. The quantitative estimate of drug-likeness (QED) is 0.658. The monoisotopic (exact) mass is 303 g/mol. The fourth-order valence-electron chi connectivity index (χ4n) is 2.09. The summed E-state index contributed by atoms with van der Waals surface area (Å²) < 4.78 is 28.0. The number of methoxy groups -OCH3 is 1. The van der Waals surface area contributed by atoms with Gasteiger partial charge in [0.2, 0.25) is 5.91 Å². The largest absolute Gasteiger partial charge is 0.383 e. The molecule has 114 valence electrons. The summed E-state index contributed by atoms with van der Waals surface area (Å²) in [6, 6.07) is 1.66. The number of amides is 1. The number of sulfone groups is 1. The van der Waals surface area contributed by atoms with Gasteiger partial charge in [0.05, 0.1) is 30.6 Å². The summed E-state index contributed by atoms with van der Waals surface area (Å²) in [5, 5.41) is 11.7. The standard InChI is InChI=1S/C12H21N3O4S/c1-19-7-6-15(5-2-3-13)12(16)9-11-10-20(17,18)8-4-14-11/h11,14H,2,4-10H2,1H3. The van der Waals surface area contributed by atoms with E-state index in [0.717, 1.165) is 0 Å². The van der Waals surface area contributed by atoms with Crippen molar-refractivity contribution >= 4 is 15.7 Å². The fourth-order valence-corrected chi connectivity index (χ4v) is 3.53. The third-order valence-corrected chi connectivity index (χ3v) is 4.87. The molecule has 1 unspecified atom stereocenters. The van der Waals surface area contributed by atoms with Crippen molar-refractivity contribution in [3.63, 3.8) is 0 Å². The SMILES string of the molecule is COCCN(CCC#N)C(=O)CC1CS(=O)(=O)CCN1. The number of nitriles is 1. The van der Waals surface area contributed by atoms with Crippen LogP contribution in [0, 0.1) is 11.3 Å². The molecule has 0 aliphatic carbocycles. The first-order valence-electron chi connectivity index (χ1n) is 6.56. The molecule has 7 nitrogen and oxygen atoms in total. The predicted octanol–water partition coefficient (Wildman–Crippen LogP) is -0.848. The number of hydrogen-bond donors (Lipinski definition) is 1. The number of ether oxygens (including phenoxy) is 1. The van der Waals surface area contributed by atoms with Crippen molar-refractivity contribution in [2.24, 2.45) is 0 Å². The molecule has 8 heteroatoms. The Morgan fingerprint density at radius 2 is 2.25 bits per heavy atom. The highest BCUT2D eigenvalue weighted by Gasteiger charge is 2.27. The van der Waals surface area contributed by atoms with Crippen LogP contribution < -0.4 is 5.32 Å². The lowest BCUT2D eigenvalue weighted by molar-refractivity contribution is -0.132. The number of nitrogens with one attached hydrogen (secondary N) is 1. The second kappa shape index (κ2) is 8.19. The third-order valence-electron chi connectivity index (χ3n) is 3.13. The lowest BCUT2D eigenvalue weighted by Crippen LogP contribution is -2.48. The van der Waals surface area contributed by atoms with E-state index in [2.05, 4.69) is 5.32 Å². The summed E-state index contributed by atoms with van der Waals surface area (Å²) in [5.41, 5.74) is 0. The van der Waals surface area contributed by atoms with Gasteiger partial charge in [-0.25, -0.2) is 8.42 Å². The average Bonchev–Trinajstić information content (AvgIpc) is 2.37. The Morgan fingerprint density at radius 1 is 1.50 bits per heavy atom. The normalized spacial score (nSPS) is 21.1. The minimum atomic E-state index is -3.05. The maximum absolute atomic E-state index is 12.2. The van der Waals surface area contributed by atoms with Crippen molar-refractivity contribution in [2.75, 3.05) is 44.9 Å². The van der Waals surface area contributed by atoms with Gasteiger partial charge in [-0.3, -0.25) is 4.79 Å². The van der Waals surface area contributed by atoms with Crippen molar-refractivity contribution in [1.29, 1.82) is 5.26 Å². The molecular formula is C12H21N3O4S. The number of carbonyl (C=O) groups excluding carboxylic acids is 1. The van der Waals surface area contributed by atoms with Crippen LogP contribution in [0.5, 0.6) is 0 Å². The van der Waals surface area contributed by atoms with Gasteiger partial charge >= 0.3 is 0 Å². The molecule has 1 fully saturated rings. The molecule has 1 rings (SSSR count). The Hall–Kier alpha value is -1.17. The number of carbonyl (C=O) groups is 1. The highest BCUT2D eigenvalue weighted by Crippen LogP contribution is 2.07. The lowest BCUT2D eigenvalue weighted by atomic mass is 10.2. The summed E-state index contributed by atoms with van der Waals surface area (Å²) in [5.74, 6) is -0.0267. The minimum Gasteiger partial charge on any atom is -0.383 e. The Balaban J connectivity index is 2.53. The van der Waals surface area contributed by atoms with Crippen molar-refractivity contribution in [3.8, 4) is 6.07 Å². The van der Waals surface area contributed by atoms with Crippen LogP contribution in [0.1, 0.15) is 12.8 Å². The van der Waals surface area contributed by atoms with E-state index in [1.165, 1.54) is 0 Å². The van der Waals surface area contributed by atoms with Gasteiger partial charge in [-0.2, -0.15) is 5.26 Å². The Morgan fingerprint density at radius 3 is 2.85 bits per heavy atom. The molecule has 1 saturated heterocycles. The van der Waals surface area contributed by atoms with Crippen LogP contribution in [0.2, 0.25) is 0 Å². The van der Waals surface area contributed by atoms with Crippen molar-refractivity contribution < 1.29 is 17.9 Å². The van der Waals surface area contributed by atoms with Crippen LogP contribution in [-0.2, 0) is 19.4 Å². The van der Waals surface area contributed by atoms with Crippen LogP contribution >= 0.6 is 0 Å². The molecule has 0 spiro atoms. The van der Waals surface area contributed by atoms with Crippen molar-refractivity contribution in [1.82, 2.24) is 10.2 Å². The van der Waals surface area contributed by atoms with Gasteiger partial charge in [-0.1, -0.05) is 0 Å². The van der Waals surface area contributed by atoms with Gasteiger partial charge in [-0.05, 0) is 0 Å². The van der Waals surface area contributed by atoms with Gasteiger partial charge in [0.25, 0.3) is 0 Å². The van der Waals surface area contributed by atoms with Gasteiger partial charge in [0.1, 0.15) is 0 Å². The van der Waals surface area contributed by atoms with Gasteiger partial charge < -0.3 is 15.0 Å². The second-order valence-corrected chi connectivity index (χ2v) is 6.98. The molecule has 0 saturated carbocycles. The van der Waals surface area contributed by atoms with Crippen LogP contribution in [0.3, 0.4) is 0 Å². The van der Waals surface area contributed by atoms with Gasteiger partial charge in [0, 0.05) is 39.2 Å². The molecule has 1 amide bonds. The van der Waals surface area contributed by atoms with E-state index < -0.39 is 9.84 Å². The van der Waals surface area contributed by atoms with E-state index in [4.69, 9.17) is 10.00 Å². The second-order valence-electron chi connectivity index (χ2n) is 4.75. The topological polar surface area (TPSA) is 99.5 Å². The fraction of sp³-hybridized carbons (Fsp3) is 0.833. The zero-order chi connectivity index (χ0) is 15.0. The van der Waals surface area contributed by atoms with E-state index in [1.54, 1.807) is 12.0 Å². The number of hydrogen-bond acceptors (Lipinski definition) is 6. The molecule has 0 aromatic rings. The maximum Gasteiger partial charge on any atom is 0.224 e. The first-order valence-corrected chi connectivity index (χ1v) is 8.38. The molecule has 1 heterocycles. The van der Waals surface area contributed by atoms with E-state index in [9.17, 15) is 13.2 Å². The summed E-state index contributed by atoms with van der Waals surface area (Å²) in [6.45, 7) is 1.54. The highest BCUT2D eigenvalue weighted by molar-refractivity contribution is 7.91. The molecule has 1 aliphatic rings. The highest BCUT2D eigenvalue weighted by atomic mass is 32.2. The molecule has 1 atom stereocenters. The third kappa shape index (κ3) is 5.86. The van der Waals surface area contributed by atoms with Crippen LogP contribution in [0.15, 0.2) is 0 Å². The van der Waals surface area contributed by atoms with Crippen LogP contribution in [-0.4, -0.2) is 70.1 Å². The summed E-state index contributed by atoms with van der Waals surface area (Å²) in [4.78, 5) is 13.7. The Labute approximate surface area is 119 Å². The van der Waals surface area contributed by atoms with E-state index in [0.29, 0.717) is 26.2 Å². The van der Waals surface area contributed by atoms with Crippen molar-refractivity contribution in [3.05, 3.63) is 0 Å². The molecule has 1 N–H and O–H groups in total. The molecule has 0 bridgehead atoms. The molecule has 1 aliphatic heterocycles. The smallest absolute Gasteiger partial charge is 0.224 e. The molecule has 0 aromatic carbocycles. The first kappa shape index (κ1) is 16.9. The Bertz CT molecular complexity index is 458. The van der Waals surface area contributed by atoms with E-state index >= 15 is 0 Å². The van der Waals surface area contributed by atoms with E-state index in [-0.39, 0.29) is 36.3 Å². The van der Waals surface area contributed by atoms with Crippen molar-refractivity contribution in [2.45, 2.75) is 18.9 Å². The zero-order valence-electron chi connectivity index (χ0n) is 11.7. The molecule has 0 radical (unpaired) electrons. The summed E-state index contributed by atoms with van der Waals surface area (Å²) in [6.07, 6.45) is 0.389. The lowest BCUT2D eigenvalue weighted by Gasteiger charge is -2.27. The predicted molar refractivity (Wildman–Crippen MR) is 73.7 cm³/mol. The van der Waals surface area contributed by atoms with E-state index in [1.807, 2.05) is 6.07 Å².